The van der Waals surface area contributed by atoms with Gasteiger partial charge in [0.15, 0.2) is 0 Å². The van der Waals surface area contributed by atoms with E-state index in [1.807, 2.05) is 11.0 Å². The lowest BCUT2D eigenvalue weighted by Crippen LogP contribution is -2.62. The average Bonchev–Trinajstić information content (AvgIpc) is 3.13. The Morgan fingerprint density at radius 1 is 1.14 bits per heavy atom. The van der Waals surface area contributed by atoms with E-state index in [4.69, 9.17) is 10.2 Å². The third kappa shape index (κ3) is 3.80. The van der Waals surface area contributed by atoms with Gasteiger partial charge in [-0.25, -0.2) is 4.79 Å². The van der Waals surface area contributed by atoms with Gasteiger partial charge in [0.1, 0.15) is 0 Å². The van der Waals surface area contributed by atoms with Crippen molar-refractivity contribution in [3.8, 4) is 0 Å². The zero-order chi connectivity index (χ0) is 25.9. The quantitative estimate of drug-likeness (QED) is 0.570. The first-order chi connectivity index (χ1) is 17.0. The van der Waals surface area contributed by atoms with Crippen molar-refractivity contribution in [2.45, 2.75) is 102 Å². The summed E-state index contributed by atoms with van der Waals surface area (Å²) in [5.41, 5.74) is 5.85. The van der Waals surface area contributed by atoms with E-state index in [1.165, 1.54) is 6.07 Å². The van der Waals surface area contributed by atoms with Crippen LogP contribution in [-0.4, -0.2) is 51.9 Å². The third-order valence-corrected chi connectivity index (χ3v) is 11.4. The van der Waals surface area contributed by atoms with Crippen LogP contribution < -0.4 is 11.4 Å². The van der Waals surface area contributed by atoms with Crippen molar-refractivity contribution in [1.82, 2.24) is 4.90 Å². The van der Waals surface area contributed by atoms with Gasteiger partial charge in [0.25, 0.3) is 0 Å². The number of aliphatic hydroxyl groups excluding tert-OH is 1. The Labute approximate surface area is 214 Å². The van der Waals surface area contributed by atoms with Crippen LogP contribution in [0.15, 0.2) is 27.6 Å². The highest BCUT2D eigenvalue weighted by atomic mass is 16.4. The second kappa shape index (κ2) is 9.25. The van der Waals surface area contributed by atoms with E-state index in [2.05, 4.69) is 13.8 Å². The van der Waals surface area contributed by atoms with Crippen molar-refractivity contribution < 1.29 is 19.4 Å². The fraction of sp³-hybridized carbons (Fsp3) is 0.793. The molecule has 0 radical (unpaired) electrons. The zero-order valence-electron chi connectivity index (χ0n) is 22.1. The van der Waals surface area contributed by atoms with E-state index in [1.54, 1.807) is 13.2 Å². The van der Waals surface area contributed by atoms with Crippen molar-refractivity contribution in [1.29, 1.82) is 0 Å². The first-order valence-corrected chi connectivity index (χ1v) is 14.0. The number of aliphatic hydroxyl groups is 2. The second-order valence-corrected chi connectivity index (χ2v) is 12.8. The van der Waals surface area contributed by atoms with Gasteiger partial charge in [-0.15, -0.1) is 0 Å². The highest BCUT2D eigenvalue weighted by Crippen LogP contribution is 2.70. The summed E-state index contributed by atoms with van der Waals surface area (Å²) >= 11 is 0. The summed E-state index contributed by atoms with van der Waals surface area (Å²) in [7, 11) is 0. The Kier molecular flexibility index (Phi) is 6.66. The van der Waals surface area contributed by atoms with Gasteiger partial charge in [-0.2, -0.15) is 0 Å². The van der Waals surface area contributed by atoms with Crippen LogP contribution in [0.1, 0.15) is 90.0 Å². The molecule has 7 nitrogen and oxygen atoms in total. The molecule has 1 amide bonds. The van der Waals surface area contributed by atoms with Crippen LogP contribution in [0.5, 0.6) is 0 Å². The number of carbonyl (C=O) groups excluding carboxylic acids is 1. The fourth-order valence-electron chi connectivity index (χ4n) is 9.43. The largest absolute Gasteiger partial charge is 0.431 e. The molecule has 1 unspecified atom stereocenters. The minimum atomic E-state index is -0.713. The molecule has 1 aromatic rings. The van der Waals surface area contributed by atoms with Gasteiger partial charge in [-0.1, -0.05) is 13.8 Å². The molecule has 0 saturated heterocycles. The molecule has 9 atom stereocenters. The summed E-state index contributed by atoms with van der Waals surface area (Å²) in [6.07, 6.45) is 10.4. The minimum Gasteiger partial charge on any atom is -0.431 e. The number of fused-ring (bicyclic) bond motifs is 5. The van der Waals surface area contributed by atoms with Crippen LogP contribution in [0.3, 0.4) is 0 Å². The van der Waals surface area contributed by atoms with Crippen molar-refractivity contribution >= 4 is 5.91 Å². The van der Waals surface area contributed by atoms with Crippen LogP contribution in [0, 0.1) is 28.6 Å². The van der Waals surface area contributed by atoms with Crippen molar-refractivity contribution in [2.75, 3.05) is 13.2 Å². The molecule has 200 valence electrons. The van der Waals surface area contributed by atoms with Crippen molar-refractivity contribution in [2.24, 2.45) is 34.3 Å². The monoisotopic (exact) mass is 500 g/mol. The number of amides is 1. The molecule has 0 spiro atoms. The number of hydrogen-bond donors (Lipinski definition) is 3. The number of rotatable bonds is 5. The maximum atomic E-state index is 12.8. The standard InChI is InChI=1S/C29H44N2O5/c1-18(30)26(34)31(14-15-32)21-8-11-27(2)20(16-21)5-6-24-23(27)9-12-28(3)22(10-13-29(24,28)35)19-4-7-25(33)36-17-19/h4,7,17-18,20-24,32,35H,5-6,8-16,30H2,1-3H3/t18?,20-,21+,22-,23+,24-,27+,28-,29+/m1/s1. The van der Waals surface area contributed by atoms with Crippen LogP contribution in [0.2, 0.25) is 0 Å². The van der Waals surface area contributed by atoms with Crippen LogP contribution >= 0.6 is 0 Å². The highest BCUT2D eigenvalue weighted by Gasteiger charge is 2.67. The number of hydrogen-bond acceptors (Lipinski definition) is 6. The van der Waals surface area contributed by atoms with E-state index in [0.29, 0.717) is 18.4 Å². The molecule has 0 bridgehead atoms. The van der Waals surface area contributed by atoms with Gasteiger partial charge in [-0.05, 0) is 105 Å². The lowest BCUT2D eigenvalue weighted by molar-refractivity contribution is -0.204. The first-order valence-electron chi connectivity index (χ1n) is 14.0. The fourth-order valence-corrected chi connectivity index (χ4v) is 9.43. The molecule has 4 aliphatic carbocycles. The Bertz CT molecular complexity index is 1020. The van der Waals surface area contributed by atoms with E-state index in [9.17, 15) is 19.8 Å². The Balaban J connectivity index is 1.37. The zero-order valence-corrected chi connectivity index (χ0v) is 22.1. The Morgan fingerprint density at radius 2 is 1.92 bits per heavy atom. The van der Waals surface area contributed by atoms with E-state index in [-0.39, 0.29) is 46.8 Å². The smallest absolute Gasteiger partial charge is 0.335 e. The molecule has 5 rings (SSSR count). The van der Waals surface area contributed by atoms with Gasteiger partial charge in [0, 0.05) is 24.1 Å². The maximum Gasteiger partial charge on any atom is 0.335 e. The lowest BCUT2D eigenvalue weighted by Gasteiger charge is -2.64. The maximum absolute atomic E-state index is 12.8. The molecule has 4 aliphatic rings. The molecule has 4 saturated carbocycles. The molecule has 1 aromatic heterocycles. The highest BCUT2D eigenvalue weighted by molar-refractivity contribution is 5.81. The average molecular weight is 501 g/mol. The summed E-state index contributed by atoms with van der Waals surface area (Å²) in [4.78, 5) is 26.2. The van der Waals surface area contributed by atoms with E-state index < -0.39 is 11.6 Å². The van der Waals surface area contributed by atoms with E-state index >= 15 is 0 Å². The summed E-state index contributed by atoms with van der Waals surface area (Å²) < 4.78 is 5.21. The van der Waals surface area contributed by atoms with Gasteiger partial charge in [0.2, 0.25) is 5.91 Å². The van der Waals surface area contributed by atoms with Gasteiger partial charge in [-0.3, -0.25) is 4.79 Å². The van der Waals surface area contributed by atoms with Gasteiger partial charge in [0.05, 0.1) is 24.5 Å². The minimum absolute atomic E-state index is 0.0425. The van der Waals surface area contributed by atoms with E-state index in [0.717, 1.165) is 63.4 Å². The molecule has 0 aliphatic heterocycles. The Hall–Kier alpha value is -1.70. The second-order valence-electron chi connectivity index (χ2n) is 12.8. The molecular weight excluding hydrogens is 456 g/mol. The summed E-state index contributed by atoms with van der Waals surface area (Å²) in [5, 5.41) is 22.0. The number of nitrogens with zero attached hydrogens (tertiary/aromatic N) is 1. The molecule has 1 heterocycles. The van der Waals surface area contributed by atoms with Crippen molar-refractivity contribution in [3.05, 3.63) is 34.4 Å². The molecule has 0 aromatic carbocycles. The molecule has 36 heavy (non-hydrogen) atoms. The first kappa shape index (κ1) is 25.9. The molecule has 4 N–H and O–H groups in total. The summed E-state index contributed by atoms with van der Waals surface area (Å²) in [6, 6.07) is 2.97. The lowest BCUT2D eigenvalue weighted by atomic mass is 9.43. The normalized spacial score (nSPS) is 42.7. The van der Waals surface area contributed by atoms with Crippen LogP contribution in [0.25, 0.3) is 0 Å². The molecular formula is C29H44N2O5. The summed E-state index contributed by atoms with van der Waals surface area (Å²) in [6.45, 7) is 6.74. The topological polar surface area (TPSA) is 117 Å². The Morgan fingerprint density at radius 3 is 2.58 bits per heavy atom. The predicted octanol–water partition coefficient (Wildman–Crippen LogP) is 3.42. The number of carbonyl (C=O) groups is 1. The summed E-state index contributed by atoms with van der Waals surface area (Å²) in [5.74, 6) is 1.38. The van der Waals surface area contributed by atoms with Gasteiger partial charge < -0.3 is 25.3 Å². The van der Waals surface area contributed by atoms with Crippen LogP contribution in [-0.2, 0) is 4.79 Å². The predicted molar refractivity (Wildman–Crippen MR) is 137 cm³/mol. The van der Waals surface area contributed by atoms with Crippen LogP contribution in [0.4, 0.5) is 0 Å². The number of nitrogens with two attached hydrogens (primary N) is 1. The molecule has 4 fully saturated rings. The molecule has 7 heteroatoms. The van der Waals surface area contributed by atoms with Crippen molar-refractivity contribution in [3.63, 3.8) is 0 Å². The van der Waals surface area contributed by atoms with Gasteiger partial charge >= 0.3 is 5.63 Å². The third-order valence-electron chi connectivity index (χ3n) is 11.4. The SMILES string of the molecule is CC(N)C(=O)N(CCO)[C@H]1CC[C@@]2(C)[C@H](CC[C@@H]3[C@@H]2CC[C@]2(C)[C@@H](c4ccc(=O)oc4)CC[C@]32O)C1.